The minimum Gasteiger partial charge on any atom is -0.476 e. The average molecular weight is 357 g/mol. The van der Waals surface area contributed by atoms with E-state index < -0.39 is 0 Å². The molecule has 4 rings (SSSR count). The first-order valence-electron chi connectivity index (χ1n) is 8.33. The third kappa shape index (κ3) is 3.48. The van der Waals surface area contributed by atoms with Gasteiger partial charge < -0.3 is 9.64 Å². The summed E-state index contributed by atoms with van der Waals surface area (Å²) < 4.78 is 7.53. The van der Waals surface area contributed by atoms with Gasteiger partial charge in [0.2, 0.25) is 5.88 Å². The maximum atomic E-state index is 12.4. The molecule has 3 aromatic heterocycles. The fourth-order valence-corrected chi connectivity index (χ4v) is 3.59. The molecule has 0 saturated carbocycles. The first-order chi connectivity index (χ1) is 12.2. The first-order valence-corrected chi connectivity index (χ1v) is 9.21. The molecule has 0 radical (unpaired) electrons. The molecule has 4 heterocycles. The van der Waals surface area contributed by atoms with E-state index in [-0.39, 0.29) is 5.91 Å². The highest BCUT2D eigenvalue weighted by atomic mass is 32.1. The van der Waals surface area contributed by atoms with Crippen LogP contribution in [0.25, 0.3) is 5.65 Å². The number of carbonyl (C=O) groups is 1. The van der Waals surface area contributed by atoms with Crippen LogP contribution in [0.5, 0.6) is 5.88 Å². The van der Waals surface area contributed by atoms with Crippen LogP contribution in [-0.4, -0.2) is 50.1 Å². The van der Waals surface area contributed by atoms with Gasteiger partial charge in [0.1, 0.15) is 5.69 Å². The summed E-state index contributed by atoms with van der Waals surface area (Å²) in [5.74, 6) is 1.07. The summed E-state index contributed by atoms with van der Waals surface area (Å²) in [6.45, 7) is 4.03. The maximum absolute atomic E-state index is 12.4. The quantitative estimate of drug-likeness (QED) is 0.717. The van der Waals surface area contributed by atoms with Gasteiger partial charge in [-0.3, -0.25) is 4.79 Å². The zero-order valence-corrected chi connectivity index (χ0v) is 14.8. The molecule has 0 aliphatic carbocycles. The fourth-order valence-electron chi connectivity index (χ4n) is 3.00. The summed E-state index contributed by atoms with van der Waals surface area (Å²) in [5, 5.41) is 7.13. The number of hydrogen-bond donors (Lipinski definition) is 0. The smallest absolute Gasteiger partial charge is 0.273 e. The number of likely N-dealkylation sites (tertiary alicyclic amines) is 1. The Hall–Kier alpha value is -2.48. The van der Waals surface area contributed by atoms with Crippen molar-refractivity contribution >= 4 is 22.9 Å². The molecule has 7 nitrogen and oxygen atoms in total. The number of piperidine rings is 1. The van der Waals surface area contributed by atoms with Crippen molar-refractivity contribution in [1.29, 1.82) is 0 Å². The molecular formula is C17H19N5O2S. The molecule has 1 aliphatic heterocycles. The third-order valence-corrected chi connectivity index (χ3v) is 5.21. The zero-order chi connectivity index (χ0) is 17.2. The molecule has 0 atom stereocenters. The monoisotopic (exact) mass is 357 g/mol. The van der Waals surface area contributed by atoms with Gasteiger partial charge in [0.15, 0.2) is 5.65 Å². The number of hydrogen-bond acceptors (Lipinski definition) is 6. The Balaban J connectivity index is 1.29. The minimum absolute atomic E-state index is 0.0379. The third-order valence-electron chi connectivity index (χ3n) is 4.44. The molecule has 3 aromatic rings. The number of thiazole rings is 1. The van der Waals surface area contributed by atoms with E-state index in [0.717, 1.165) is 36.6 Å². The number of fused-ring (bicyclic) bond motifs is 1. The highest BCUT2D eigenvalue weighted by molar-refractivity contribution is 7.09. The molecule has 0 spiro atoms. The van der Waals surface area contributed by atoms with E-state index in [1.165, 1.54) is 11.3 Å². The maximum Gasteiger partial charge on any atom is 0.273 e. The molecule has 1 fully saturated rings. The van der Waals surface area contributed by atoms with E-state index in [0.29, 0.717) is 24.1 Å². The van der Waals surface area contributed by atoms with Crippen molar-refractivity contribution in [3.63, 3.8) is 0 Å². The van der Waals surface area contributed by atoms with E-state index in [1.54, 1.807) is 16.9 Å². The van der Waals surface area contributed by atoms with Crippen LogP contribution in [0.15, 0.2) is 29.9 Å². The standard InChI is InChI=1S/C17H19N5O2S/c1-12-19-14(11-25-12)17(23)21-7-4-13(5-8-21)10-24-16-3-2-15-18-6-9-22(15)20-16/h2-3,6,9,11,13H,4-5,7-8,10H2,1H3. The van der Waals surface area contributed by atoms with Gasteiger partial charge in [-0.25, -0.2) is 14.5 Å². The Labute approximate surface area is 149 Å². The predicted octanol–water partition coefficient (Wildman–Crippen LogP) is 2.43. The Bertz CT molecular complexity index is 882. The van der Waals surface area contributed by atoms with E-state index >= 15 is 0 Å². The van der Waals surface area contributed by atoms with Crippen molar-refractivity contribution in [2.24, 2.45) is 5.92 Å². The predicted molar refractivity (Wildman–Crippen MR) is 94.0 cm³/mol. The Morgan fingerprint density at radius 3 is 2.96 bits per heavy atom. The first kappa shape index (κ1) is 16.0. The van der Waals surface area contributed by atoms with Gasteiger partial charge in [-0.2, -0.15) is 0 Å². The normalized spacial score (nSPS) is 15.6. The molecule has 8 heteroatoms. The van der Waals surface area contributed by atoms with E-state index in [1.807, 2.05) is 29.3 Å². The molecule has 0 N–H and O–H groups in total. The average Bonchev–Trinajstić information content (AvgIpc) is 3.28. The second kappa shape index (κ2) is 6.79. The molecule has 0 bridgehead atoms. The van der Waals surface area contributed by atoms with Crippen LogP contribution >= 0.6 is 11.3 Å². The van der Waals surface area contributed by atoms with Crippen molar-refractivity contribution < 1.29 is 9.53 Å². The van der Waals surface area contributed by atoms with Crippen LogP contribution in [0, 0.1) is 12.8 Å². The molecule has 1 saturated heterocycles. The van der Waals surface area contributed by atoms with Gasteiger partial charge in [-0.05, 0) is 31.7 Å². The lowest BCUT2D eigenvalue weighted by molar-refractivity contribution is 0.0653. The van der Waals surface area contributed by atoms with Gasteiger partial charge in [0.25, 0.3) is 5.91 Å². The van der Waals surface area contributed by atoms with E-state index in [9.17, 15) is 4.79 Å². The number of nitrogens with zero attached hydrogens (tertiary/aromatic N) is 5. The number of ether oxygens (including phenoxy) is 1. The summed E-state index contributed by atoms with van der Waals surface area (Å²) in [6.07, 6.45) is 5.37. The van der Waals surface area contributed by atoms with Gasteiger partial charge >= 0.3 is 0 Å². The van der Waals surface area contributed by atoms with Crippen molar-refractivity contribution in [3.8, 4) is 5.88 Å². The number of rotatable bonds is 4. The van der Waals surface area contributed by atoms with Crippen LogP contribution in [0.3, 0.4) is 0 Å². The topological polar surface area (TPSA) is 72.6 Å². The molecular weight excluding hydrogens is 338 g/mol. The van der Waals surface area contributed by atoms with E-state index in [4.69, 9.17) is 4.74 Å². The van der Waals surface area contributed by atoms with Gasteiger partial charge in [0.05, 0.1) is 11.6 Å². The molecule has 130 valence electrons. The van der Waals surface area contributed by atoms with Gasteiger partial charge in [-0.1, -0.05) is 0 Å². The number of aromatic nitrogens is 4. The van der Waals surface area contributed by atoms with Crippen LogP contribution < -0.4 is 4.74 Å². The number of carbonyl (C=O) groups excluding carboxylic acids is 1. The van der Waals surface area contributed by atoms with Gasteiger partial charge in [0, 0.05) is 36.9 Å². The molecule has 1 aliphatic rings. The molecule has 1 amide bonds. The summed E-state index contributed by atoms with van der Waals surface area (Å²) in [7, 11) is 0. The zero-order valence-electron chi connectivity index (χ0n) is 14.0. The lowest BCUT2D eigenvalue weighted by Gasteiger charge is -2.31. The second-order valence-electron chi connectivity index (χ2n) is 6.20. The Morgan fingerprint density at radius 2 is 2.20 bits per heavy atom. The molecule has 0 aromatic carbocycles. The molecule has 25 heavy (non-hydrogen) atoms. The van der Waals surface area contributed by atoms with Crippen molar-refractivity contribution in [2.75, 3.05) is 19.7 Å². The lowest BCUT2D eigenvalue weighted by atomic mass is 9.97. The largest absolute Gasteiger partial charge is 0.476 e. The SMILES string of the molecule is Cc1nc(C(=O)N2CCC(COc3ccc4nccn4n3)CC2)cs1. The summed E-state index contributed by atoms with van der Waals surface area (Å²) in [4.78, 5) is 22.8. The van der Waals surface area contributed by atoms with Crippen LogP contribution in [0.2, 0.25) is 0 Å². The van der Waals surface area contributed by atoms with Crippen molar-refractivity contribution in [3.05, 3.63) is 40.6 Å². The highest BCUT2D eigenvalue weighted by Gasteiger charge is 2.25. The van der Waals surface area contributed by atoms with Crippen LogP contribution in [0.1, 0.15) is 28.3 Å². The Morgan fingerprint density at radius 1 is 1.36 bits per heavy atom. The molecule has 0 unspecified atom stereocenters. The summed E-state index contributed by atoms with van der Waals surface area (Å²) >= 11 is 1.51. The number of amides is 1. The Kier molecular flexibility index (Phi) is 4.35. The minimum atomic E-state index is 0.0379. The fraction of sp³-hybridized carbons (Fsp3) is 0.412. The van der Waals surface area contributed by atoms with E-state index in [2.05, 4.69) is 15.1 Å². The van der Waals surface area contributed by atoms with Crippen molar-refractivity contribution in [1.82, 2.24) is 24.5 Å². The summed E-state index contributed by atoms with van der Waals surface area (Å²) in [6, 6.07) is 3.73. The van der Waals surface area contributed by atoms with Crippen LogP contribution in [-0.2, 0) is 0 Å². The number of imidazole rings is 1. The van der Waals surface area contributed by atoms with Gasteiger partial charge in [-0.15, -0.1) is 16.4 Å². The second-order valence-corrected chi connectivity index (χ2v) is 7.26. The van der Waals surface area contributed by atoms with Crippen LogP contribution in [0.4, 0.5) is 0 Å². The lowest BCUT2D eigenvalue weighted by Crippen LogP contribution is -2.39. The van der Waals surface area contributed by atoms with Crippen molar-refractivity contribution in [2.45, 2.75) is 19.8 Å². The number of aryl methyl sites for hydroxylation is 1. The summed E-state index contributed by atoms with van der Waals surface area (Å²) in [5.41, 5.74) is 1.37. The highest BCUT2D eigenvalue weighted by Crippen LogP contribution is 2.21.